The summed E-state index contributed by atoms with van der Waals surface area (Å²) < 4.78 is 0. The highest BCUT2D eigenvalue weighted by Crippen LogP contribution is 2.06. The zero-order valence-corrected chi connectivity index (χ0v) is 8.03. The van der Waals surface area contributed by atoms with Crippen molar-refractivity contribution in [1.29, 1.82) is 0 Å². The third kappa shape index (κ3) is 2.44. The van der Waals surface area contributed by atoms with E-state index in [4.69, 9.17) is 0 Å². The molecule has 3 heteroatoms. The van der Waals surface area contributed by atoms with Crippen molar-refractivity contribution < 1.29 is 5.11 Å². The molecule has 71 valence electrons. The zero-order chi connectivity index (χ0) is 9.14. The molecule has 1 aliphatic rings. The molecule has 1 saturated heterocycles. The summed E-state index contributed by atoms with van der Waals surface area (Å²) in [7, 11) is 0. The molecule has 1 N–H and O–H groups in total. The lowest BCUT2D eigenvalue weighted by molar-refractivity contribution is -0.00277. The Morgan fingerprint density at radius 3 is 1.83 bits per heavy atom. The van der Waals surface area contributed by atoms with Crippen molar-refractivity contribution in [3.8, 4) is 0 Å². The van der Waals surface area contributed by atoms with Crippen molar-refractivity contribution in [1.82, 2.24) is 9.80 Å². The first-order valence-electron chi connectivity index (χ1n) is 4.60. The van der Waals surface area contributed by atoms with E-state index in [1.165, 1.54) is 0 Å². The lowest BCUT2D eigenvalue weighted by Gasteiger charge is -2.38. The van der Waals surface area contributed by atoms with Crippen molar-refractivity contribution in [2.24, 2.45) is 0 Å². The van der Waals surface area contributed by atoms with E-state index in [0.29, 0.717) is 6.04 Å². The van der Waals surface area contributed by atoms with Crippen molar-refractivity contribution in [2.45, 2.75) is 26.1 Å². The molecule has 3 nitrogen and oxygen atoms in total. The minimum atomic E-state index is -0.528. The van der Waals surface area contributed by atoms with Crippen LogP contribution in [0.15, 0.2) is 0 Å². The fourth-order valence-electron chi connectivity index (χ4n) is 1.55. The molecule has 0 amide bonds. The normalized spacial score (nSPS) is 24.8. The van der Waals surface area contributed by atoms with Crippen LogP contribution < -0.4 is 0 Å². The van der Waals surface area contributed by atoms with Crippen LogP contribution in [0.4, 0.5) is 0 Å². The maximum atomic E-state index is 9.20. The fraction of sp³-hybridized carbons (Fsp3) is 0.889. The molecule has 0 bridgehead atoms. The topological polar surface area (TPSA) is 26.7 Å². The summed E-state index contributed by atoms with van der Waals surface area (Å²) in [5.41, 5.74) is 0. The number of piperazine rings is 1. The summed E-state index contributed by atoms with van der Waals surface area (Å²) in [5, 5.41) is 9.20. The van der Waals surface area contributed by atoms with E-state index in [0.717, 1.165) is 26.2 Å². The first-order valence-corrected chi connectivity index (χ1v) is 4.60. The minimum absolute atomic E-state index is 0.528. The second-order valence-corrected chi connectivity index (χ2v) is 3.65. The van der Waals surface area contributed by atoms with E-state index in [-0.39, 0.29) is 0 Å². The van der Waals surface area contributed by atoms with Crippen LogP contribution in [0.5, 0.6) is 0 Å². The van der Waals surface area contributed by atoms with Gasteiger partial charge < -0.3 is 5.11 Å². The van der Waals surface area contributed by atoms with E-state index in [9.17, 15) is 5.11 Å². The lowest BCUT2D eigenvalue weighted by Crippen LogP contribution is -2.51. The molecule has 1 rings (SSSR count). The van der Waals surface area contributed by atoms with Crippen LogP contribution in [0.1, 0.15) is 13.8 Å². The molecule has 0 aromatic carbocycles. The van der Waals surface area contributed by atoms with Crippen LogP contribution in [0.2, 0.25) is 0 Å². The van der Waals surface area contributed by atoms with Gasteiger partial charge in [-0.1, -0.05) is 0 Å². The summed E-state index contributed by atoms with van der Waals surface area (Å²) in [5.74, 6) is 0. The molecule has 1 atom stereocenters. The Bertz CT molecular complexity index is 112. The predicted octanol–water partition coefficient (Wildman–Crippen LogP) is 0.165. The molecule has 0 spiro atoms. The van der Waals surface area contributed by atoms with Crippen molar-refractivity contribution >= 4 is 0 Å². The van der Waals surface area contributed by atoms with Gasteiger partial charge in [-0.2, -0.15) is 0 Å². The third-order valence-corrected chi connectivity index (χ3v) is 2.50. The van der Waals surface area contributed by atoms with Gasteiger partial charge in [-0.25, -0.2) is 0 Å². The first kappa shape index (κ1) is 9.96. The van der Waals surface area contributed by atoms with E-state index >= 15 is 0 Å². The van der Waals surface area contributed by atoms with Gasteiger partial charge in [0.25, 0.3) is 0 Å². The van der Waals surface area contributed by atoms with Gasteiger partial charge in [0.1, 0.15) is 6.23 Å². The summed E-state index contributed by atoms with van der Waals surface area (Å²) >= 11 is 0. The minimum Gasteiger partial charge on any atom is -0.378 e. The zero-order valence-electron chi connectivity index (χ0n) is 8.03. The van der Waals surface area contributed by atoms with Crippen LogP contribution in [-0.2, 0) is 0 Å². The second kappa shape index (κ2) is 4.21. The van der Waals surface area contributed by atoms with Gasteiger partial charge in [0, 0.05) is 32.2 Å². The Hall–Kier alpha value is -0.120. The van der Waals surface area contributed by atoms with Gasteiger partial charge in [0.2, 0.25) is 0 Å². The van der Waals surface area contributed by atoms with E-state index in [2.05, 4.69) is 25.7 Å². The molecule has 1 heterocycles. The van der Waals surface area contributed by atoms with Crippen molar-refractivity contribution in [3.63, 3.8) is 0 Å². The molecule has 0 saturated carbocycles. The quantitative estimate of drug-likeness (QED) is 0.641. The average Bonchev–Trinajstić information content (AvgIpc) is 2.04. The molecular weight excluding hydrogens is 152 g/mol. The second-order valence-electron chi connectivity index (χ2n) is 3.65. The molecule has 1 radical (unpaired) electrons. The Labute approximate surface area is 75.0 Å². The molecule has 0 aliphatic carbocycles. The molecule has 1 aliphatic heterocycles. The van der Waals surface area contributed by atoms with Crippen LogP contribution in [0.25, 0.3) is 0 Å². The standard InChI is InChI=1S/C9H19N2O/c1-8(2)10-4-6-11(7-5-10)9(3)12/h8-9,12H,3-7H2,1-2H3. The Morgan fingerprint density at radius 2 is 1.50 bits per heavy atom. The van der Waals surface area contributed by atoms with Gasteiger partial charge >= 0.3 is 0 Å². The van der Waals surface area contributed by atoms with Crippen LogP contribution >= 0.6 is 0 Å². The number of hydrogen-bond donors (Lipinski definition) is 1. The van der Waals surface area contributed by atoms with Crippen LogP contribution in [0.3, 0.4) is 0 Å². The highest BCUT2D eigenvalue weighted by atomic mass is 16.3. The van der Waals surface area contributed by atoms with Crippen molar-refractivity contribution in [2.75, 3.05) is 26.2 Å². The molecule has 0 aromatic rings. The third-order valence-electron chi connectivity index (χ3n) is 2.50. The van der Waals surface area contributed by atoms with Gasteiger partial charge in [0.05, 0.1) is 0 Å². The SMILES string of the molecule is [CH2]C(O)N1CCN(C(C)C)CC1. The largest absolute Gasteiger partial charge is 0.378 e. The number of nitrogens with zero attached hydrogens (tertiary/aromatic N) is 2. The molecular formula is C9H19N2O. The van der Waals surface area contributed by atoms with Crippen LogP contribution in [-0.4, -0.2) is 53.4 Å². The smallest absolute Gasteiger partial charge is 0.107 e. The predicted molar refractivity (Wildman–Crippen MR) is 49.6 cm³/mol. The number of hydrogen-bond acceptors (Lipinski definition) is 3. The highest BCUT2D eigenvalue weighted by molar-refractivity contribution is 4.76. The van der Waals surface area contributed by atoms with Gasteiger partial charge in [-0.3, -0.25) is 9.80 Å². The summed E-state index contributed by atoms with van der Waals surface area (Å²) in [6.45, 7) is 12.0. The number of rotatable bonds is 2. The number of aliphatic hydroxyl groups is 1. The maximum absolute atomic E-state index is 9.20. The van der Waals surface area contributed by atoms with Crippen LogP contribution in [0, 0.1) is 6.92 Å². The first-order chi connectivity index (χ1) is 5.61. The average molecular weight is 171 g/mol. The Kier molecular flexibility index (Phi) is 3.50. The summed E-state index contributed by atoms with van der Waals surface area (Å²) in [6.07, 6.45) is -0.528. The highest BCUT2D eigenvalue weighted by Gasteiger charge is 2.20. The summed E-state index contributed by atoms with van der Waals surface area (Å²) in [6, 6.07) is 0.620. The van der Waals surface area contributed by atoms with Gasteiger partial charge in [0.15, 0.2) is 0 Å². The lowest BCUT2D eigenvalue weighted by atomic mass is 10.2. The maximum Gasteiger partial charge on any atom is 0.107 e. The van der Waals surface area contributed by atoms with Gasteiger partial charge in [-0.15, -0.1) is 0 Å². The molecule has 0 aromatic heterocycles. The van der Waals surface area contributed by atoms with E-state index in [1.807, 2.05) is 4.90 Å². The molecule has 1 unspecified atom stereocenters. The molecule has 1 fully saturated rings. The fourth-order valence-corrected chi connectivity index (χ4v) is 1.55. The molecule has 12 heavy (non-hydrogen) atoms. The Balaban J connectivity index is 2.30. The monoisotopic (exact) mass is 171 g/mol. The van der Waals surface area contributed by atoms with E-state index in [1.54, 1.807) is 0 Å². The summed E-state index contributed by atoms with van der Waals surface area (Å²) in [4.78, 5) is 4.41. The van der Waals surface area contributed by atoms with Gasteiger partial charge in [-0.05, 0) is 20.8 Å². The number of aliphatic hydroxyl groups excluding tert-OH is 1. The van der Waals surface area contributed by atoms with Crippen molar-refractivity contribution in [3.05, 3.63) is 6.92 Å². The Morgan fingerprint density at radius 1 is 1.08 bits per heavy atom. The van der Waals surface area contributed by atoms with E-state index < -0.39 is 6.23 Å².